The Kier molecular flexibility index (Phi) is 3.45. The molecule has 0 unspecified atom stereocenters. The quantitative estimate of drug-likeness (QED) is 0.701. The standard InChI is InChI=1S/C12H15FO2/c1-7(2)15-12(14)11-8(3)5-10(13)6-9(11)4/h5-7H,1-4H3. The summed E-state index contributed by atoms with van der Waals surface area (Å²) in [5, 5.41) is 0. The van der Waals surface area contributed by atoms with Crippen LogP contribution in [0.15, 0.2) is 12.1 Å². The van der Waals surface area contributed by atoms with Crippen molar-refractivity contribution in [3.05, 3.63) is 34.6 Å². The summed E-state index contributed by atoms with van der Waals surface area (Å²) in [7, 11) is 0. The molecule has 3 heteroatoms. The molecule has 1 aromatic carbocycles. The number of hydrogen-bond donors (Lipinski definition) is 0. The Morgan fingerprint density at radius 1 is 1.27 bits per heavy atom. The second kappa shape index (κ2) is 4.43. The van der Waals surface area contributed by atoms with Gasteiger partial charge in [0.1, 0.15) is 5.82 Å². The van der Waals surface area contributed by atoms with Crippen molar-refractivity contribution in [3.63, 3.8) is 0 Å². The monoisotopic (exact) mass is 210 g/mol. The number of carbonyl (C=O) groups excluding carboxylic acids is 1. The van der Waals surface area contributed by atoms with E-state index in [1.807, 2.05) is 0 Å². The molecular weight excluding hydrogens is 195 g/mol. The summed E-state index contributed by atoms with van der Waals surface area (Å²) in [6.07, 6.45) is -0.165. The molecule has 2 nitrogen and oxygen atoms in total. The predicted molar refractivity (Wildman–Crippen MR) is 56.4 cm³/mol. The lowest BCUT2D eigenvalue weighted by Crippen LogP contribution is -2.14. The van der Waals surface area contributed by atoms with Crippen molar-refractivity contribution >= 4 is 5.97 Å². The van der Waals surface area contributed by atoms with E-state index in [0.717, 1.165) is 0 Å². The van der Waals surface area contributed by atoms with Crippen molar-refractivity contribution in [2.24, 2.45) is 0 Å². The number of carbonyl (C=O) groups is 1. The average molecular weight is 210 g/mol. The minimum absolute atomic E-state index is 0.165. The van der Waals surface area contributed by atoms with Crippen molar-refractivity contribution in [3.8, 4) is 0 Å². The van der Waals surface area contributed by atoms with Crippen molar-refractivity contribution in [1.82, 2.24) is 0 Å². The molecule has 0 aromatic heterocycles. The fraction of sp³-hybridized carbons (Fsp3) is 0.417. The van der Waals surface area contributed by atoms with E-state index in [2.05, 4.69) is 0 Å². The first-order valence-corrected chi connectivity index (χ1v) is 4.89. The van der Waals surface area contributed by atoms with Crippen LogP contribution in [0, 0.1) is 19.7 Å². The molecular formula is C12H15FO2. The van der Waals surface area contributed by atoms with Crippen LogP contribution in [-0.4, -0.2) is 12.1 Å². The summed E-state index contributed by atoms with van der Waals surface area (Å²) in [6, 6.07) is 2.67. The van der Waals surface area contributed by atoms with E-state index in [0.29, 0.717) is 16.7 Å². The number of ether oxygens (including phenoxy) is 1. The van der Waals surface area contributed by atoms with E-state index in [4.69, 9.17) is 4.74 Å². The van der Waals surface area contributed by atoms with Gasteiger partial charge in [-0.15, -0.1) is 0 Å². The lowest BCUT2D eigenvalue weighted by molar-refractivity contribution is 0.0376. The number of rotatable bonds is 2. The van der Waals surface area contributed by atoms with Crippen LogP contribution in [0.3, 0.4) is 0 Å². The van der Waals surface area contributed by atoms with Gasteiger partial charge in [-0.1, -0.05) is 0 Å². The minimum atomic E-state index is -0.389. The number of esters is 1. The Balaban J connectivity index is 3.09. The third-order valence-electron chi connectivity index (χ3n) is 2.04. The third kappa shape index (κ3) is 2.78. The molecule has 0 saturated heterocycles. The Labute approximate surface area is 89.1 Å². The van der Waals surface area contributed by atoms with Gasteiger partial charge in [0, 0.05) is 0 Å². The van der Waals surface area contributed by atoms with Gasteiger partial charge in [-0.05, 0) is 51.0 Å². The molecule has 0 spiro atoms. The van der Waals surface area contributed by atoms with Crippen molar-refractivity contribution in [1.29, 1.82) is 0 Å². The lowest BCUT2D eigenvalue weighted by Gasteiger charge is -2.12. The molecule has 0 aliphatic carbocycles. The maximum absolute atomic E-state index is 13.0. The zero-order valence-electron chi connectivity index (χ0n) is 9.43. The molecule has 0 aliphatic heterocycles. The summed E-state index contributed by atoms with van der Waals surface area (Å²) in [5.74, 6) is -0.717. The fourth-order valence-electron chi connectivity index (χ4n) is 1.51. The predicted octanol–water partition coefficient (Wildman–Crippen LogP) is 3.01. The van der Waals surface area contributed by atoms with Crippen LogP contribution in [0.5, 0.6) is 0 Å². The van der Waals surface area contributed by atoms with Gasteiger partial charge in [0.25, 0.3) is 0 Å². The second-order valence-corrected chi connectivity index (χ2v) is 3.87. The highest BCUT2D eigenvalue weighted by Gasteiger charge is 2.15. The van der Waals surface area contributed by atoms with Crippen molar-refractivity contribution < 1.29 is 13.9 Å². The highest BCUT2D eigenvalue weighted by Crippen LogP contribution is 2.17. The van der Waals surface area contributed by atoms with Crippen molar-refractivity contribution in [2.75, 3.05) is 0 Å². The molecule has 0 N–H and O–H groups in total. The van der Waals surface area contributed by atoms with Gasteiger partial charge in [-0.2, -0.15) is 0 Å². The van der Waals surface area contributed by atoms with E-state index in [9.17, 15) is 9.18 Å². The molecule has 0 atom stereocenters. The van der Waals surface area contributed by atoms with Gasteiger partial charge in [0.2, 0.25) is 0 Å². The molecule has 0 amide bonds. The lowest BCUT2D eigenvalue weighted by atomic mass is 10.0. The SMILES string of the molecule is Cc1cc(F)cc(C)c1C(=O)OC(C)C. The summed E-state index contributed by atoms with van der Waals surface area (Å²) in [4.78, 5) is 11.7. The highest BCUT2D eigenvalue weighted by molar-refractivity contribution is 5.92. The molecule has 82 valence electrons. The van der Waals surface area contributed by atoms with E-state index in [1.54, 1.807) is 27.7 Å². The summed E-state index contributed by atoms with van der Waals surface area (Å²) >= 11 is 0. The zero-order valence-corrected chi connectivity index (χ0v) is 9.43. The first-order chi connectivity index (χ1) is 6.91. The van der Waals surface area contributed by atoms with Crippen LogP contribution in [0.4, 0.5) is 4.39 Å². The Bertz CT molecular complexity index is 360. The number of aryl methyl sites for hydroxylation is 2. The van der Waals surface area contributed by atoms with Crippen LogP contribution < -0.4 is 0 Å². The molecule has 0 radical (unpaired) electrons. The molecule has 15 heavy (non-hydrogen) atoms. The summed E-state index contributed by atoms with van der Waals surface area (Å²) in [5.41, 5.74) is 1.68. The van der Waals surface area contributed by atoms with E-state index in [1.165, 1.54) is 12.1 Å². The maximum Gasteiger partial charge on any atom is 0.338 e. The van der Waals surface area contributed by atoms with Crippen LogP contribution in [0.2, 0.25) is 0 Å². The largest absolute Gasteiger partial charge is 0.459 e. The van der Waals surface area contributed by atoms with Crippen LogP contribution in [0.25, 0.3) is 0 Å². The summed E-state index contributed by atoms with van der Waals surface area (Å²) < 4.78 is 18.1. The molecule has 0 heterocycles. The van der Waals surface area contributed by atoms with E-state index >= 15 is 0 Å². The van der Waals surface area contributed by atoms with Crippen LogP contribution in [-0.2, 0) is 4.74 Å². The normalized spacial score (nSPS) is 10.5. The first-order valence-electron chi connectivity index (χ1n) is 4.89. The smallest absolute Gasteiger partial charge is 0.338 e. The Morgan fingerprint density at radius 2 is 1.73 bits per heavy atom. The summed E-state index contributed by atoms with van der Waals surface area (Å²) in [6.45, 7) is 6.97. The number of halogens is 1. The van der Waals surface area contributed by atoms with Gasteiger partial charge >= 0.3 is 5.97 Å². The van der Waals surface area contributed by atoms with Gasteiger partial charge < -0.3 is 4.74 Å². The van der Waals surface area contributed by atoms with Crippen LogP contribution >= 0.6 is 0 Å². The molecule has 1 rings (SSSR count). The van der Waals surface area contributed by atoms with E-state index in [-0.39, 0.29) is 17.9 Å². The van der Waals surface area contributed by atoms with Crippen molar-refractivity contribution in [2.45, 2.75) is 33.8 Å². The molecule has 0 bridgehead atoms. The first kappa shape index (κ1) is 11.7. The second-order valence-electron chi connectivity index (χ2n) is 3.87. The average Bonchev–Trinajstić information content (AvgIpc) is 1.99. The van der Waals surface area contributed by atoms with E-state index < -0.39 is 0 Å². The Morgan fingerprint density at radius 3 is 2.13 bits per heavy atom. The topological polar surface area (TPSA) is 26.3 Å². The van der Waals surface area contributed by atoms with Gasteiger partial charge in [0.15, 0.2) is 0 Å². The minimum Gasteiger partial charge on any atom is -0.459 e. The van der Waals surface area contributed by atoms with Crippen LogP contribution in [0.1, 0.15) is 35.3 Å². The zero-order chi connectivity index (χ0) is 11.6. The molecule has 1 aromatic rings. The maximum atomic E-state index is 13.0. The third-order valence-corrected chi connectivity index (χ3v) is 2.04. The van der Waals surface area contributed by atoms with Gasteiger partial charge in [-0.25, -0.2) is 9.18 Å². The number of benzene rings is 1. The number of hydrogen-bond acceptors (Lipinski definition) is 2. The fourth-order valence-corrected chi connectivity index (χ4v) is 1.51. The Hall–Kier alpha value is -1.38. The molecule has 0 fully saturated rings. The van der Waals surface area contributed by atoms with Gasteiger partial charge in [-0.3, -0.25) is 0 Å². The van der Waals surface area contributed by atoms with Gasteiger partial charge in [0.05, 0.1) is 11.7 Å². The molecule has 0 aliphatic rings. The highest BCUT2D eigenvalue weighted by atomic mass is 19.1. The molecule has 0 saturated carbocycles.